The molecule has 0 aliphatic heterocycles. The Morgan fingerprint density at radius 1 is 0.882 bits per heavy atom. The predicted molar refractivity (Wildman–Crippen MR) is 56.7 cm³/mol. The maximum atomic E-state index is 13.6. The molecule has 0 amide bonds. The highest BCUT2D eigenvalue weighted by Gasteiger charge is 2.37. The summed E-state index contributed by atoms with van der Waals surface area (Å²) in [7, 11) is 0. The van der Waals surface area contributed by atoms with Gasteiger partial charge in [-0.1, -0.05) is 24.3 Å². The number of fused-ring (bicyclic) bond motifs is 3. The van der Waals surface area contributed by atoms with Crippen LogP contribution in [0.15, 0.2) is 47.3 Å². The van der Waals surface area contributed by atoms with E-state index < -0.39 is 23.3 Å². The molecule has 1 nitrogen and oxygen atoms in total. The van der Waals surface area contributed by atoms with Gasteiger partial charge in [0.25, 0.3) is 0 Å². The summed E-state index contributed by atoms with van der Waals surface area (Å²) in [5.41, 5.74) is 0.728. The Labute approximate surface area is 94.6 Å². The molecule has 3 rings (SSSR count). The van der Waals surface area contributed by atoms with Crippen LogP contribution < -0.4 is 0 Å². The van der Waals surface area contributed by atoms with E-state index in [4.69, 9.17) is 0 Å². The molecule has 0 heterocycles. The number of hydrogen-bond acceptors (Lipinski definition) is 1. The summed E-state index contributed by atoms with van der Waals surface area (Å²) in [4.78, 5) is 11.5. The zero-order valence-electron chi connectivity index (χ0n) is 8.43. The largest absolute Gasteiger partial charge is 0.286 e. The van der Waals surface area contributed by atoms with Gasteiger partial charge in [-0.3, -0.25) is 4.79 Å². The summed E-state index contributed by atoms with van der Waals surface area (Å²) in [6, 6.07) is 6.57. The lowest BCUT2D eigenvalue weighted by Crippen LogP contribution is -2.10. The van der Waals surface area contributed by atoms with Crippen LogP contribution in [0.3, 0.4) is 0 Å². The van der Waals surface area contributed by atoms with E-state index in [1.807, 2.05) is 0 Å². The third-order valence-corrected chi connectivity index (χ3v) is 2.85. The molecule has 0 bridgehead atoms. The Kier molecular flexibility index (Phi) is 1.90. The monoisotopic (exact) mass is 234 g/mol. The third-order valence-electron chi connectivity index (χ3n) is 2.85. The number of ketones is 1. The quantitative estimate of drug-likeness (QED) is 0.671. The Morgan fingerprint density at radius 3 is 2.35 bits per heavy atom. The molecular formula is C13H5F3O. The molecule has 0 N–H and O–H groups in total. The van der Waals surface area contributed by atoms with Crippen LogP contribution in [0.25, 0.3) is 11.6 Å². The Hall–Kier alpha value is -2.10. The molecule has 4 heteroatoms. The number of hydrogen-bond donors (Lipinski definition) is 0. The van der Waals surface area contributed by atoms with Gasteiger partial charge >= 0.3 is 0 Å². The zero-order valence-corrected chi connectivity index (χ0v) is 8.43. The van der Waals surface area contributed by atoms with Crippen molar-refractivity contribution in [2.24, 2.45) is 0 Å². The van der Waals surface area contributed by atoms with Gasteiger partial charge < -0.3 is 0 Å². The number of carbonyl (C=O) groups excluding carboxylic acids is 1. The molecule has 0 aromatic heterocycles. The minimum absolute atomic E-state index is 0.123. The van der Waals surface area contributed by atoms with Crippen molar-refractivity contribution < 1.29 is 18.0 Å². The van der Waals surface area contributed by atoms with Gasteiger partial charge in [0, 0.05) is 11.1 Å². The minimum Gasteiger partial charge on any atom is -0.286 e. The molecule has 0 saturated heterocycles. The maximum Gasteiger partial charge on any atom is 0.225 e. The Balaban J connectivity index is 2.36. The van der Waals surface area contributed by atoms with Crippen molar-refractivity contribution >= 4 is 17.4 Å². The smallest absolute Gasteiger partial charge is 0.225 e. The molecule has 1 aromatic carbocycles. The maximum absolute atomic E-state index is 13.6. The topological polar surface area (TPSA) is 17.1 Å². The molecule has 17 heavy (non-hydrogen) atoms. The second-order valence-electron chi connectivity index (χ2n) is 3.79. The summed E-state index contributed by atoms with van der Waals surface area (Å²) >= 11 is 0. The van der Waals surface area contributed by atoms with Crippen molar-refractivity contribution in [1.82, 2.24) is 0 Å². The number of carbonyl (C=O) groups is 1. The van der Waals surface area contributed by atoms with Crippen LogP contribution in [-0.2, 0) is 4.79 Å². The van der Waals surface area contributed by atoms with Crippen LogP contribution >= 0.6 is 0 Å². The summed E-state index contributed by atoms with van der Waals surface area (Å²) in [6.45, 7) is 0. The number of Topliss-reactive ketones (excluding diaryl/α,β-unsaturated/α-hetero) is 1. The lowest BCUT2D eigenvalue weighted by atomic mass is 9.94. The van der Waals surface area contributed by atoms with Crippen molar-refractivity contribution in [3.63, 3.8) is 0 Å². The standard InChI is InChI=1S/C13H5F3O/c14-10-9-7-4-2-1-3-6(7)5-8(9)13(17)12(16)11(10)15/h1-5H. The fourth-order valence-corrected chi connectivity index (χ4v) is 2.06. The van der Waals surface area contributed by atoms with Gasteiger partial charge in [-0.25, -0.2) is 8.78 Å². The molecule has 2 aliphatic carbocycles. The Morgan fingerprint density at radius 2 is 1.59 bits per heavy atom. The average Bonchev–Trinajstić information content (AvgIpc) is 2.73. The molecule has 2 aliphatic rings. The van der Waals surface area contributed by atoms with E-state index in [1.54, 1.807) is 24.3 Å². The lowest BCUT2D eigenvalue weighted by molar-refractivity contribution is -0.113. The van der Waals surface area contributed by atoms with E-state index in [-0.39, 0.29) is 11.1 Å². The van der Waals surface area contributed by atoms with Gasteiger partial charge in [0.15, 0.2) is 11.7 Å². The first-order valence-electron chi connectivity index (χ1n) is 4.93. The zero-order chi connectivity index (χ0) is 12.2. The molecule has 0 fully saturated rings. The van der Waals surface area contributed by atoms with Gasteiger partial charge in [0.1, 0.15) is 0 Å². The highest BCUT2D eigenvalue weighted by atomic mass is 19.2. The molecule has 84 valence electrons. The van der Waals surface area contributed by atoms with Crippen LogP contribution in [0.1, 0.15) is 11.1 Å². The third kappa shape index (κ3) is 1.18. The molecule has 0 unspecified atom stereocenters. The van der Waals surface area contributed by atoms with Gasteiger partial charge in [-0.15, -0.1) is 0 Å². The Bertz CT molecular complexity index is 650. The van der Waals surface area contributed by atoms with Crippen molar-refractivity contribution in [2.45, 2.75) is 0 Å². The first-order valence-corrected chi connectivity index (χ1v) is 4.93. The summed E-state index contributed by atoms with van der Waals surface area (Å²) in [5, 5.41) is 0. The van der Waals surface area contributed by atoms with Crippen molar-refractivity contribution in [2.75, 3.05) is 0 Å². The molecular weight excluding hydrogens is 229 g/mol. The van der Waals surface area contributed by atoms with E-state index in [0.717, 1.165) is 0 Å². The molecule has 0 spiro atoms. The molecule has 1 aromatic rings. The fourth-order valence-electron chi connectivity index (χ4n) is 2.06. The minimum atomic E-state index is -1.71. The van der Waals surface area contributed by atoms with E-state index in [0.29, 0.717) is 11.1 Å². The van der Waals surface area contributed by atoms with Gasteiger partial charge in [0.2, 0.25) is 11.6 Å². The fraction of sp³-hybridized carbons (Fsp3) is 0. The second kappa shape index (κ2) is 3.20. The van der Waals surface area contributed by atoms with Crippen molar-refractivity contribution in [3.8, 4) is 0 Å². The van der Waals surface area contributed by atoms with Crippen molar-refractivity contribution in [3.05, 3.63) is 58.4 Å². The van der Waals surface area contributed by atoms with Crippen LogP contribution in [0.2, 0.25) is 0 Å². The highest BCUT2D eigenvalue weighted by molar-refractivity contribution is 6.25. The van der Waals surface area contributed by atoms with E-state index in [1.165, 1.54) is 6.08 Å². The van der Waals surface area contributed by atoms with Crippen LogP contribution in [0.4, 0.5) is 13.2 Å². The molecule has 0 atom stereocenters. The number of allylic oxidation sites excluding steroid dienone is 5. The summed E-state index contributed by atoms with van der Waals surface area (Å²) < 4.78 is 39.9. The van der Waals surface area contributed by atoms with Gasteiger partial charge in [0.05, 0.1) is 0 Å². The summed E-state index contributed by atoms with van der Waals surface area (Å²) in [5.74, 6) is -5.78. The highest BCUT2D eigenvalue weighted by Crippen LogP contribution is 2.45. The molecule has 0 radical (unpaired) electrons. The first kappa shape index (κ1) is 10.1. The number of halogens is 3. The van der Waals surface area contributed by atoms with Crippen LogP contribution in [0, 0.1) is 0 Å². The lowest BCUT2D eigenvalue weighted by Gasteiger charge is -2.12. The average molecular weight is 234 g/mol. The SMILES string of the molecule is O=C1C2=Cc3ccccc3C2=C(F)C(F)=C1F. The van der Waals surface area contributed by atoms with Crippen molar-refractivity contribution in [1.29, 1.82) is 0 Å². The van der Waals surface area contributed by atoms with E-state index in [2.05, 4.69) is 0 Å². The first-order chi connectivity index (χ1) is 8.11. The second-order valence-corrected chi connectivity index (χ2v) is 3.79. The molecule has 0 saturated carbocycles. The van der Waals surface area contributed by atoms with Crippen LogP contribution in [0.5, 0.6) is 0 Å². The van der Waals surface area contributed by atoms with E-state index >= 15 is 0 Å². The predicted octanol–water partition coefficient (Wildman–Crippen LogP) is 3.50. The summed E-state index contributed by atoms with van der Waals surface area (Å²) in [6.07, 6.45) is 1.37. The number of benzene rings is 1. The van der Waals surface area contributed by atoms with Crippen LogP contribution in [-0.4, -0.2) is 5.78 Å². The van der Waals surface area contributed by atoms with E-state index in [9.17, 15) is 18.0 Å². The normalized spacial score (nSPS) is 18.3. The van der Waals surface area contributed by atoms with Gasteiger partial charge in [-0.2, -0.15) is 4.39 Å². The van der Waals surface area contributed by atoms with Gasteiger partial charge in [-0.05, 0) is 17.2 Å². The number of rotatable bonds is 0.